The first-order valence-electron chi connectivity index (χ1n) is 7.88. The van der Waals surface area contributed by atoms with Gasteiger partial charge in [-0.1, -0.05) is 36.8 Å². The van der Waals surface area contributed by atoms with Crippen molar-refractivity contribution in [3.8, 4) is 5.75 Å². The summed E-state index contributed by atoms with van der Waals surface area (Å²) in [7, 11) is 1.62. The first kappa shape index (κ1) is 17.7. The molecule has 8 heteroatoms. The largest absolute Gasteiger partial charge is 0.497 e. The molecule has 0 unspecified atom stereocenters. The Kier molecular flexibility index (Phi) is 4.96. The SMILES string of the molecule is COc1ccc2nc(NC(=O)c3c(C)nn(CC(C)C)c3Cl)sc2c1. The van der Waals surface area contributed by atoms with E-state index in [1.165, 1.54) is 11.3 Å². The lowest BCUT2D eigenvalue weighted by atomic mass is 10.2. The molecule has 1 N–H and O–H groups in total. The van der Waals surface area contributed by atoms with Gasteiger partial charge < -0.3 is 4.74 Å². The van der Waals surface area contributed by atoms with Crippen molar-refractivity contribution in [1.82, 2.24) is 14.8 Å². The summed E-state index contributed by atoms with van der Waals surface area (Å²) in [5.74, 6) is 0.832. The number of halogens is 1. The van der Waals surface area contributed by atoms with Crippen LogP contribution in [-0.4, -0.2) is 27.8 Å². The highest BCUT2D eigenvalue weighted by Gasteiger charge is 2.21. The molecule has 6 nitrogen and oxygen atoms in total. The molecule has 0 saturated heterocycles. The topological polar surface area (TPSA) is 69.0 Å². The number of hydrogen-bond donors (Lipinski definition) is 1. The van der Waals surface area contributed by atoms with Gasteiger partial charge in [-0.3, -0.25) is 14.8 Å². The lowest BCUT2D eigenvalue weighted by Gasteiger charge is -2.06. The van der Waals surface area contributed by atoms with E-state index < -0.39 is 0 Å². The Morgan fingerprint density at radius 1 is 1.44 bits per heavy atom. The molecule has 0 spiro atoms. The number of rotatable bonds is 5. The second kappa shape index (κ2) is 7.01. The van der Waals surface area contributed by atoms with Gasteiger partial charge in [-0.05, 0) is 31.0 Å². The highest BCUT2D eigenvalue weighted by molar-refractivity contribution is 7.22. The van der Waals surface area contributed by atoms with Crippen LogP contribution in [0.2, 0.25) is 5.15 Å². The fraction of sp³-hybridized carbons (Fsp3) is 0.353. The second-order valence-electron chi connectivity index (χ2n) is 6.13. The van der Waals surface area contributed by atoms with Crippen molar-refractivity contribution in [3.63, 3.8) is 0 Å². The zero-order valence-electron chi connectivity index (χ0n) is 14.5. The fourth-order valence-corrected chi connectivity index (χ4v) is 3.74. The Morgan fingerprint density at radius 3 is 2.88 bits per heavy atom. The Labute approximate surface area is 154 Å². The molecule has 0 aliphatic rings. The molecule has 0 fully saturated rings. The minimum atomic E-state index is -0.302. The van der Waals surface area contributed by atoms with Crippen LogP contribution in [0.5, 0.6) is 5.75 Å². The number of nitrogens with one attached hydrogen (secondary N) is 1. The van der Waals surface area contributed by atoms with Gasteiger partial charge in [-0.2, -0.15) is 5.10 Å². The second-order valence-corrected chi connectivity index (χ2v) is 7.52. The van der Waals surface area contributed by atoms with Gasteiger partial charge >= 0.3 is 0 Å². The van der Waals surface area contributed by atoms with E-state index in [-0.39, 0.29) is 5.91 Å². The van der Waals surface area contributed by atoms with E-state index in [4.69, 9.17) is 16.3 Å². The van der Waals surface area contributed by atoms with Crippen LogP contribution in [0, 0.1) is 12.8 Å². The summed E-state index contributed by atoms with van der Waals surface area (Å²) in [5.41, 5.74) is 1.80. The average Bonchev–Trinajstić information content (AvgIpc) is 3.06. The van der Waals surface area contributed by atoms with Crippen LogP contribution >= 0.6 is 22.9 Å². The van der Waals surface area contributed by atoms with Crippen LogP contribution in [0.4, 0.5) is 5.13 Å². The molecule has 3 aromatic rings. The number of anilines is 1. The van der Waals surface area contributed by atoms with Crippen molar-refractivity contribution < 1.29 is 9.53 Å². The summed E-state index contributed by atoms with van der Waals surface area (Å²) in [6.07, 6.45) is 0. The number of thiazole rings is 1. The first-order valence-corrected chi connectivity index (χ1v) is 9.07. The van der Waals surface area contributed by atoms with E-state index in [1.54, 1.807) is 18.7 Å². The van der Waals surface area contributed by atoms with E-state index in [0.717, 1.165) is 16.0 Å². The van der Waals surface area contributed by atoms with E-state index in [1.807, 2.05) is 18.2 Å². The third kappa shape index (κ3) is 3.62. The molecule has 132 valence electrons. The molecule has 0 aliphatic carbocycles. The van der Waals surface area contributed by atoms with Crippen LogP contribution < -0.4 is 10.1 Å². The molecule has 2 heterocycles. The highest BCUT2D eigenvalue weighted by Crippen LogP contribution is 2.30. The summed E-state index contributed by atoms with van der Waals surface area (Å²) in [4.78, 5) is 17.1. The molecule has 0 bridgehead atoms. The number of amides is 1. The molecule has 1 aromatic carbocycles. The number of aromatic nitrogens is 3. The maximum atomic E-state index is 12.6. The zero-order valence-corrected chi connectivity index (χ0v) is 16.0. The lowest BCUT2D eigenvalue weighted by molar-refractivity contribution is 0.102. The van der Waals surface area contributed by atoms with Gasteiger partial charge in [0, 0.05) is 6.54 Å². The van der Waals surface area contributed by atoms with Crippen LogP contribution in [-0.2, 0) is 6.54 Å². The van der Waals surface area contributed by atoms with Crippen LogP contribution in [0.3, 0.4) is 0 Å². The van der Waals surface area contributed by atoms with E-state index >= 15 is 0 Å². The molecule has 0 aliphatic heterocycles. The smallest absolute Gasteiger partial charge is 0.262 e. The number of benzene rings is 1. The molecule has 2 aromatic heterocycles. The van der Waals surface area contributed by atoms with Gasteiger partial charge in [0.05, 0.1) is 28.6 Å². The maximum absolute atomic E-state index is 12.6. The van der Waals surface area contributed by atoms with Gasteiger partial charge in [0.2, 0.25) is 0 Å². The number of fused-ring (bicyclic) bond motifs is 1. The molecular weight excluding hydrogens is 360 g/mol. The summed E-state index contributed by atoms with van der Waals surface area (Å²) < 4.78 is 7.82. The third-order valence-corrected chi connectivity index (χ3v) is 4.96. The summed E-state index contributed by atoms with van der Waals surface area (Å²) in [5, 5.41) is 8.06. The number of carbonyl (C=O) groups is 1. The van der Waals surface area contributed by atoms with E-state index in [0.29, 0.717) is 34.0 Å². The molecule has 0 radical (unpaired) electrons. The zero-order chi connectivity index (χ0) is 18.1. The van der Waals surface area contributed by atoms with Crippen molar-refractivity contribution in [2.24, 2.45) is 5.92 Å². The first-order chi connectivity index (χ1) is 11.9. The third-order valence-electron chi connectivity index (χ3n) is 3.65. The van der Waals surface area contributed by atoms with Gasteiger partial charge in [-0.25, -0.2) is 4.98 Å². The van der Waals surface area contributed by atoms with Crippen molar-refractivity contribution in [3.05, 3.63) is 34.6 Å². The van der Waals surface area contributed by atoms with Gasteiger partial charge in [0.15, 0.2) is 5.13 Å². The molecular formula is C17H19ClN4O2S. The molecule has 25 heavy (non-hydrogen) atoms. The van der Waals surface area contributed by atoms with Crippen molar-refractivity contribution in [2.75, 3.05) is 12.4 Å². The van der Waals surface area contributed by atoms with Gasteiger partial charge in [-0.15, -0.1) is 0 Å². The number of ether oxygens (including phenoxy) is 1. The Bertz CT molecular complexity index is 932. The predicted molar refractivity (Wildman–Crippen MR) is 101 cm³/mol. The summed E-state index contributed by atoms with van der Waals surface area (Å²) in [6, 6.07) is 5.59. The Balaban J connectivity index is 1.86. The van der Waals surface area contributed by atoms with Crippen molar-refractivity contribution >= 4 is 44.2 Å². The monoisotopic (exact) mass is 378 g/mol. The predicted octanol–water partition coefficient (Wildman–Crippen LogP) is 4.37. The number of aryl methyl sites for hydroxylation is 1. The minimum absolute atomic E-state index is 0.302. The normalized spacial score (nSPS) is 11.3. The quantitative estimate of drug-likeness (QED) is 0.715. The standard InChI is InChI=1S/C17H19ClN4O2S/c1-9(2)8-22-15(18)14(10(3)21-22)16(23)20-17-19-12-6-5-11(24-4)7-13(12)25-17/h5-7,9H,8H2,1-4H3,(H,19,20,23). The molecule has 0 saturated carbocycles. The number of carbonyl (C=O) groups excluding carboxylic acids is 1. The number of hydrogen-bond acceptors (Lipinski definition) is 5. The molecule has 0 atom stereocenters. The Morgan fingerprint density at radius 2 is 2.20 bits per heavy atom. The average molecular weight is 379 g/mol. The van der Waals surface area contributed by atoms with E-state index in [9.17, 15) is 4.79 Å². The fourth-order valence-electron chi connectivity index (χ4n) is 2.52. The Hall–Kier alpha value is -2.12. The maximum Gasteiger partial charge on any atom is 0.262 e. The van der Waals surface area contributed by atoms with Gasteiger partial charge in [0.25, 0.3) is 5.91 Å². The highest BCUT2D eigenvalue weighted by atomic mass is 35.5. The van der Waals surface area contributed by atoms with Crippen LogP contribution in [0.15, 0.2) is 18.2 Å². The summed E-state index contributed by atoms with van der Waals surface area (Å²) in [6.45, 7) is 6.58. The minimum Gasteiger partial charge on any atom is -0.497 e. The summed E-state index contributed by atoms with van der Waals surface area (Å²) >= 11 is 7.74. The van der Waals surface area contributed by atoms with Crippen molar-refractivity contribution in [2.45, 2.75) is 27.3 Å². The van der Waals surface area contributed by atoms with Crippen molar-refractivity contribution in [1.29, 1.82) is 0 Å². The molecule has 3 rings (SSSR count). The van der Waals surface area contributed by atoms with E-state index in [2.05, 4.69) is 29.2 Å². The number of methoxy groups -OCH3 is 1. The number of nitrogens with zero attached hydrogens (tertiary/aromatic N) is 3. The van der Waals surface area contributed by atoms with Crippen LogP contribution in [0.25, 0.3) is 10.2 Å². The lowest BCUT2D eigenvalue weighted by Crippen LogP contribution is -2.13. The van der Waals surface area contributed by atoms with Gasteiger partial charge in [0.1, 0.15) is 10.9 Å². The van der Waals surface area contributed by atoms with Crippen LogP contribution in [0.1, 0.15) is 29.9 Å². The molecule has 1 amide bonds.